The number of methoxy groups -OCH3 is 1. The van der Waals surface area contributed by atoms with Crippen molar-refractivity contribution in [1.29, 1.82) is 5.26 Å². The van der Waals surface area contributed by atoms with E-state index < -0.39 is 0 Å². The molecule has 5 rings (SSSR count). The number of nitrogens with one attached hydrogen (secondary N) is 2. The molecule has 1 aliphatic rings. The first kappa shape index (κ1) is 21.0. The summed E-state index contributed by atoms with van der Waals surface area (Å²) in [6, 6.07) is 11.8. The molecule has 2 aromatic carbocycles. The molecule has 0 bridgehead atoms. The largest absolute Gasteiger partial charge is 0.493 e. The summed E-state index contributed by atoms with van der Waals surface area (Å²) >= 11 is 0. The molecule has 9 nitrogen and oxygen atoms in total. The van der Waals surface area contributed by atoms with Gasteiger partial charge in [-0.2, -0.15) is 10.4 Å². The fourth-order valence-electron chi connectivity index (χ4n) is 3.96. The van der Waals surface area contributed by atoms with E-state index in [1.807, 2.05) is 30.3 Å². The Morgan fingerprint density at radius 1 is 1.18 bits per heavy atom. The zero-order valence-corrected chi connectivity index (χ0v) is 18.3. The van der Waals surface area contributed by atoms with E-state index in [-0.39, 0.29) is 0 Å². The molecule has 2 N–H and O–H groups in total. The highest BCUT2D eigenvalue weighted by atomic mass is 16.5. The van der Waals surface area contributed by atoms with E-state index in [4.69, 9.17) is 14.2 Å². The summed E-state index contributed by atoms with van der Waals surface area (Å²) in [5.41, 5.74) is 3.56. The molecular formula is C24H24N6O3. The van der Waals surface area contributed by atoms with Gasteiger partial charge in [0.15, 0.2) is 11.5 Å². The lowest BCUT2D eigenvalue weighted by Crippen LogP contribution is -2.38. The number of hydrogen-bond acceptors (Lipinski definition) is 8. The van der Waals surface area contributed by atoms with Crippen molar-refractivity contribution >= 4 is 33.2 Å². The lowest BCUT2D eigenvalue weighted by molar-refractivity contribution is 0.0321. The topological polar surface area (TPSA) is 108 Å². The molecule has 1 fully saturated rings. The minimum atomic E-state index is 0.440. The van der Waals surface area contributed by atoms with Crippen molar-refractivity contribution in [3.63, 3.8) is 0 Å². The molecule has 0 aliphatic carbocycles. The zero-order valence-electron chi connectivity index (χ0n) is 18.3. The smallest absolute Gasteiger partial charge is 0.163 e. The maximum absolute atomic E-state index is 9.70. The molecular weight excluding hydrogens is 420 g/mol. The number of nitrogens with zero attached hydrogens (tertiary/aromatic N) is 4. The molecule has 0 spiro atoms. The predicted molar refractivity (Wildman–Crippen MR) is 125 cm³/mol. The maximum Gasteiger partial charge on any atom is 0.163 e. The fraction of sp³-hybridized carbons (Fsp3) is 0.292. The highest BCUT2D eigenvalue weighted by molar-refractivity contribution is 5.98. The highest BCUT2D eigenvalue weighted by Crippen LogP contribution is 2.37. The lowest BCUT2D eigenvalue weighted by atomic mass is 10.1. The summed E-state index contributed by atoms with van der Waals surface area (Å²) in [4.78, 5) is 6.80. The second-order valence-corrected chi connectivity index (χ2v) is 7.78. The van der Waals surface area contributed by atoms with Crippen LogP contribution in [0.25, 0.3) is 21.8 Å². The van der Waals surface area contributed by atoms with Crippen LogP contribution in [0.15, 0.2) is 42.7 Å². The first-order chi connectivity index (χ1) is 16.2. The Morgan fingerprint density at radius 2 is 2.06 bits per heavy atom. The van der Waals surface area contributed by atoms with Crippen molar-refractivity contribution in [1.82, 2.24) is 20.1 Å². The molecule has 9 heteroatoms. The van der Waals surface area contributed by atoms with Gasteiger partial charge in [-0.15, -0.1) is 0 Å². The normalized spacial score (nSPS) is 14.3. The number of benzene rings is 2. The number of ether oxygens (including phenoxy) is 3. The van der Waals surface area contributed by atoms with E-state index >= 15 is 0 Å². The zero-order chi connectivity index (χ0) is 22.6. The molecule has 2 aromatic heterocycles. The van der Waals surface area contributed by atoms with Crippen LogP contribution in [0, 0.1) is 11.3 Å². The van der Waals surface area contributed by atoms with Crippen molar-refractivity contribution in [2.24, 2.45) is 0 Å². The van der Waals surface area contributed by atoms with Crippen LogP contribution in [0.3, 0.4) is 0 Å². The summed E-state index contributed by atoms with van der Waals surface area (Å²) in [7, 11) is 1.61. The number of pyridine rings is 1. The Hall–Kier alpha value is -3.87. The van der Waals surface area contributed by atoms with E-state index in [9.17, 15) is 5.26 Å². The van der Waals surface area contributed by atoms with Crippen LogP contribution in [0.5, 0.6) is 11.5 Å². The highest BCUT2D eigenvalue weighted by Gasteiger charge is 2.16. The average Bonchev–Trinajstić information content (AvgIpc) is 3.32. The Labute approximate surface area is 190 Å². The van der Waals surface area contributed by atoms with Crippen LogP contribution in [-0.2, 0) is 4.74 Å². The van der Waals surface area contributed by atoms with Crippen LogP contribution < -0.4 is 14.8 Å². The molecule has 33 heavy (non-hydrogen) atoms. The van der Waals surface area contributed by atoms with E-state index in [1.165, 1.54) is 0 Å². The Balaban J connectivity index is 1.44. The molecule has 0 amide bonds. The summed E-state index contributed by atoms with van der Waals surface area (Å²) in [6.07, 6.45) is 3.34. The van der Waals surface area contributed by atoms with Gasteiger partial charge in [-0.1, -0.05) is 0 Å². The van der Waals surface area contributed by atoms with Gasteiger partial charge < -0.3 is 19.5 Å². The number of aromatic nitrogens is 3. The van der Waals surface area contributed by atoms with Crippen molar-refractivity contribution < 1.29 is 14.2 Å². The number of H-pyrrole nitrogens is 1. The summed E-state index contributed by atoms with van der Waals surface area (Å²) < 4.78 is 17.1. The molecule has 4 aromatic rings. The van der Waals surface area contributed by atoms with Crippen LogP contribution in [0.4, 0.5) is 11.4 Å². The first-order valence-electron chi connectivity index (χ1n) is 10.8. The molecule has 0 saturated carbocycles. The number of morpholine rings is 1. The third-order valence-corrected chi connectivity index (χ3v) is 5.75. The number of rotatable bonds is 7. The van der Waals surface area contributed by atoms with Gasteiger partial charge >= 0.3 is 0 Å². The molecule has 0 radical (unpaired) electrons. The molecule has 168 valence electrons. The molecule has 1 aliphatic heterocycles. The minimum Gasteiger partial charge on any atom is -0.493 e. The van der Waals surface area contributed by atoms with E-state index in [1.54, 1.807) is 19.5 Å². The summed E-state index contributed by atoms with van der Waals surface area (Å²) in [6.45, 7) is 4.69. The van der Waals surface area contributed by atoms with Gasteiger partial charge in [0.05, 0.1) is 48.8 Å². The number of aromatic amines is 1. The second kappa shape index (κ2) is 9.32. The lowest BCUT2D eigenvalue weighted by Gasteiger charge is -2.26. The van der Waals surface area contributed by atoms with Crippen molar-refractivity contribution in [2.75, 3.05) is 51.9 Å². The van der Waals surface area contributed by atoms with Crippen LogP contribution in [-0.4, -0.2) is 66.6 Å². The molecule has 0 unspecified atom stereocenters. The Bertz CT molecular complexity index is 1320. The standard InChI is InChI=1S/C24H24N6O3/c1-31-22-11-19-21(12-23(22)33-9-6-30-4-7-32-8-5-30)26-14-17(13-25)24(19)28-18-3-2-16-15-27-29-20(16)10-18/h2-3,10-12,14-15H,4-9H2,1H3,(H,26,28)(H,27,29). The first-order valence-corrected chi connectivity index (χ1v) is 10.8. The number of fused-ring (bicyclic) bond motifs is 2. The third kappa shape index (κ3) is 4.39. The van der Waals surface area contributed by atoms with E-state index in [0.29, 0.717) is 34.9 Å². The van der Waals surface area contributed by atoms with Gasteiger partial charge in [0.2, 0.25) is 0 Å². The van der Waals surface area contributed by atoms with Gasteiger partial charge in [0.1, 0.15) is 12.7 Å². The van der Waals surface area contributed by atoms with Gasteiger partial charge in [-0.3, -0.25) is 15.0 Å². The van der Waals surface area contributed by atoms with Crippen molar-refractivity contribution in [3.8, 4) is 17.6 Å². The molecule has 3 heterocycles. The fourth-order valence-corrected chi connectivity index (χ4v) is 3.96. The Kier molecular flexibility index (Phi) is 5.93. The summed E-state index contributed by atoms with van der Waals surface area (Å²) in [5.74, 6) is 1.22. The van der Waals surface area contributed by atoms with Crippen molar-refractivity contribution in [2.45, 2.75) is 0 Å². The van der Waals surface area contributed by atoms with Gasteiger partial charge in [-0.05, 0) is 24.3 Å². The van der Waals surface area contributed by atoms with Crippen molar-refractivity contribution in [3.05, 3.63) is 48.3 Å². The monoisotopic (exact) mass is 444 g/mol. The van der Waals surface area contributed by atoms with Crippen LogP contribution in [0.2, 0.25) is 0 Å². The van der Waals surface area contributed by atoms with Gasteiger partial charge in [0.25, 0.3) is 0 Å². The van der Waals surface area contributed by atoms with Crippen LogP contribution >= 0.6 is 0 Å². The van der Waals surface area contributed by atoms with E-state index in [2.05, 4.69) is 31.5 Å². The maximum atomic E-state index is 9.70. The average molecular weight is 444 g/mol. The second-order valence-electron chi connectivity index (χ2n) is 7.78. The molecule has 1 saturated heterocycles. The summed E-state index contributed by atoms with van der Waals surface area (Å²) in [5, 5.41) is 21.9. The van der Waals surface area contributed by atoms with Crippen LogP contribution in [0.1, 0.15) is 5.56 Å². The predicted octanol–water partition coefficient (Wildman–Crippen LogP) is 3.45. The van der Waals surface area contributed by atoms with Gasteiger partial charge in [-0.25, -0.2) is 0 Å². The number of hydrogen-bond donors (Lipinski definition) is 2. The minimum absolute atomic E-state index is 0.440. The molecule has 0 atom stereocenters. The number of nitriles is 1. The van der Waals surface area contributed by atoms with Gasteiger partial charge in [0, 0.05) is 48.4 Å². The SMILES string of the molecule is COc1cc2c(Nc3ccc4cn[nH]c4c3)c(C#N)cnc2cc1OCCN1CCOCC1. The third-order valence-electron chi connectivity index (χ3n) is 5.75. The van der Waals surface area contributed by atoms with E-state index in [0.717, 1.165) is 54.8 Å². The quantitative estimate of drug-likeness (QED) is 0.446. The Morgan fingerprint density at radius 3 is 2.88 bits per heavy atom. The number of anilines is 2.